The van der Waals surface area contributed by atoms with Crippen LogP contribution in [0.2, 0.25) is 0 Å². The van der Waals surface area contributed by atoms with E-state index in [1.54, 1.807) is 18.2 Å². The van der Waals surface area contributed by atoms with Gasteiger partial charge in [-0.2, -0.15) is 0 Å². The molecule has 0 bridgehead atoms. The first-order valence-electron chi connectivity index (χ1n) is 16.1. The third-order valence-electron chi connectivity index (χ3n) is 7.51. The highest BCUT2D eigenvalue weighted by molar-refractivity contribution is 5.91. The topological polar surface area (TPSA) is 88.0 Å². The summed E-state index contributed by atoms with van der Waals surface area (Å²) in [5.74, 6) is 0.942. The molecule has 3 N–H and O–H groups in total. The van der Waals surface area contributed by atoms with Gasteiger partial charge >= 0.3 is 0 Å². The number of hydrogen-bond donors (Lipinski definition) is 3. The summed E-state index contributed by atoms with van der Waals surface area (Å²) in [6, 6.07) is 7.76. The quantitative estimate of drug-likeness (QED) is 0.141. The van der Waals surface area contributed by atoms with Gasteiger partial charge in [0.15, 0.2) is 11.5 Å². The molecule has 2 unspecified atom stereocenters. The summed E-state index contributed by atoms with van der Waals surface area (Å²) in [6.07, 6.45) is 9.46. The maximum absolute atomic E-state index is 12.6. The number of unbranched alkanes of at least 4 members (excludes halogenated alkanes) is 1. The van der Waals surface area contributed by atoms with Gasteiger partial charge < -0.3 is 25.0 Å². The fourth-order valence-electron chi connectivity index (χ4n) is 5.12. The average Bonchev–Trinajstić information content (AvgIpc) is 2.89. The van der Waals surface area contributed by atoms with Gasteiger partial charge in [-0.25, -0.2) is 0 Å². The number of amides is 1. The van der Waals surface area contributed by atoms with Crippen molar-refractivity contribution in [2.75, 3.05) is 6.54 Å². The first kappa shape index (κ1) is 36.0. The van der Waals surface area contributed by atoms with E-state index in [4.69, 9.17) is 9.47 Å². The molecule has 0 saturated carbocycles. The third-order valence-corrected chi connectivity index (χ3v) is 7.51. The summed E-state index contributed by atoms with van der Waals surface area (Å²) in [4.78, 5) is 12.6. The molecule has 0 aliphatic carbocycles. The Morgan fingerprint density at radius 1 is 0.814 bits per heavy atom. The van der Waals surface area contributed by atoms with Gasteiger partial charge in [0.1, 0.15) is 5.75 Å². The van der Waals surface area contributed by atoms with E-state index < -0.39 is 0 Å². The Balaban J connectivity index is 2.04. The van der Waals surface area contributed by atoms with Crippen LogP contribution in [0.5, 0.6) is 23.0 Å². The molecule has 0 spiro atoms. The zero-order valence-electron chi connectivity index (χ0n) is 28.4. The Kier molecular flexibility index (Phi) is 13.5. The van der Waals surface area contributed by atoms with Gasteiger partial charge in [0.25, 0.3) is 0 Å². The minimum Gasteiger partial charge on any atom is -0.507 e. The van der Waals surface area contributed by atoms with E-state index in [0.29, 0.717) is 23.8 Å². The number of hydrogen-bond acceptors (Lipinski definition) is 5. The molecule has 0 aromatic heterocycles. The molecule has 0 saturated heterocycles. The summed E-state index contributed by atoms with van der Waals surface area (Å²) in [5, 5.41) is 24.8. The summed E-state index contributed by atoms with van der Waals surface area (Å²) < 4.78 is 12.0. The van der Waals surface area contributed by atoms with E-state index >= 15 is 0 Å². The van der Waals surface area contributed by atoms with Gasteiger partial charge in [0.2, 0.25) is 11.7 Å². The summed E-state index contributed by atoms with van der Waals surface area (Å²) in [7, 11) is 0. The van der Waals surface area contributed by atoms with Gasteiger partial charge in [-0.3, -0.25) is 4.79 Å². The second kappa shape index (κ2) is 16.1. The summed E-state index contributed by atoms with van der Waals surface area (Å²) in [5.41, 5.74) is 3.58. The van der Waals surface area contributed by atoms with Crippen LogP contribution in [-0.4, -0.2) is 34.9 Å². The Bertz CT molecular complexity index is 1150. The highest BCUT2D eigenvalue weighted by atomic mass is 16.5. The molecular formula is C37H57NO5. The van der Waals surface area contributed by atoms with Gasteiger partial charge in [-0.1, -0.05) is 80.4 Å². The van der Waals surface area contributed by atoms with Crippen molar-refractivity contribution in [3.05, 3.63) is 52.6 Å². The molecule has 2 atom stereocenters. The van der Waals surface area contributed by atoms with Crippen molar-refractivity contribution in [2.45, 2.75) is 137 Å². The van der Waals surface area contributed by atoms with Crippen molar-refractivity contribution in [2.24, 2.45) is 0 Å². The molecule has 1 amide bonds. The monoisotopic (exact) mass is 595 g/mol. The van der Waals surface area contributed by atoms with Crippen molar-refractivity contribution in [1.82, 2.24) is 5.32 Å². The van der Waals surface area contributed by atoms with E-state index in [9.17, 15) is 15.0 Å². The molecule has 240 valence electrons. The van der Waals surface area contributed by atoms with Crippen LogP contribution in [0.4, 0.5) is 0 Å². The van der Waals surface area contributed by atoms with Crippen molar-refractivity contribution in [3.8, 4) is 23.0 Å². The maximum atomic E-state index is 12.6. The minimum atomic E-state index is -0.175. The molecule has 0 aliphatic heterocycles. The first-order valence-corrected chi connectivity index (χ1v) is 16.1. The van der Waals surface area contributed by atoms with Crippen LogP contribution in [0.15, 0.2) is 30.3 Å². The second-order valence-corrected chi connectivity index (χ2v) is 13.9. The van der Waals surface area contributed by atoms with E-state index in [2.05, 4.69) is 72.8 Å². The molecule has 0 radical (unpaired) electrons. The minimum absolute atomic E-state index is 0.00891. The highest BCUT2D eigenvalue weighted by Crippen LogP contribution is 2.41. The predicted octanol–water partition coefficient (Wildman–Crippen LogP) is 8.98. The number of carbonyl (C=O) groups is 1. The van der Waals surface area contributed by atoms with Crippen molar-refractivity contribution < 1.29 is 24.5 Å². The zero-order chi connectivity index (χ0) is 32.4. The van der Waals surface area contributed by atoms with Crippen LogP contribution in [-0.2, 0) is 22.0 Å². The van der Waals surface area contributed by atoms with E-state index in [1.165, 1.54) is 11.6 Å². The molecule has 43 heavy (non-hydrogen) atoms. The largest absolute Gasteiger partial charge is 0.507 e. The smallest absolute Gasteiger partial charge is 0.243 e. The normalized spacial score (nSPS) is 13.6. The number of aryl methyl sites for hydroxylation is 1. The molecule has 2 rings (SSSR count). The van der Waals surface area contributed by atoms with E-state index in [-0.39, 0.29) is 34.7 Å². The molecule has 0 aliphatic rings. The number of rotatable bonds is 15. The number of aromatic hydroxyl groups is 2. The third kappa shape index (κ3) is 11.5. The molecule has 2 aromatic rings. The van der Waals surface area contributed by atoms with Crippen LogP contribution in [0.3, 0.4) is 0 Å². The molecule has 0 fully saturated rings. The Hall–Kier alpha value is -3.15. The zero-order valence-corrected chi connectivity index (χ0v) is 28.4. The van der Waals surface area contributed by atoms with Crippen LogP contribution in [0, 0.1) is 0 Å². The van der Waals surface area contributed by atoms with Crippen LogP contribution in [0.25, 0.3) is 6.08 Å². The second-order valence-electron chi connectivity index (χ2n) is 13.9. The maximum Gasteiger partial charge on any atom is 0.243 e. The number of nitrogens with one attached hydrogen (secondary N) is 1. The SMILES string of the molecule is CCCC(C)Oc1cc(C=CC(=O)NCCCCc2cc(C(C)(C)C)c(O)c(C(C)(C)C)c2)cc(OC(C)CCC)c1O. The lowest BCUT2D eigenvalue weighted by Gasteiger charge is -2.28. The predicted molar refractivity (Wildman–Crippen MR) is 179 cm³/mol. The molecule has 0 heterocycles. The fraction of sp³-hybridized carbons (Fsp3) is 0.595. The molecule has 2 aromatic carbocycles. The highest BCUT2D eigenvalue weighted by Gasteiger charge is 2.26. The Labute approximate surface area is 260 Å². The number of phenols is 2. The number of carbonyl (C=O) groups excluding carboxylic acids is 1. The van der Waals surface area contributed by atoms with Crippen molar-refractivity contribution in [3.63, 3.8) is 0 Å². The Morgan fingerprint density at radius 2 is 1.30 bits per heavy atom. The van der Waals surface area contributed by atoms with E-state index in [0.717, 1.165) is 61.6 Å². The van der Waals surface area contributed by atoms with Gasteiger partial charge in [0.05, 0.1) is 12.2 Å². The number of benzene rings is 2. The van der Waals surface area contributed by atoms with Crippen LogP contribution < -0.4 is 14.8 Å². The van der Waals surface area contributed by atoms with Crippen LogP contribution in [0.1, 0.15) is 130 Å². The standard InChI is InChI=1S/C37H57NO5/c1-11-15-25(3)42-31-23-28(24-32(35(31)41)43-26(4)16-12-2)18-19-33(39)38-20-14-13-17-27-21-29(36(5,6)7)34(40)30(22-27)37(8,9)10/h18-19,21-26,40-41H,11-17,20H2,1-10H3,(H,38,39). The van der Waals surface area contributed by atoms with Gasteiger partial charge in [0, 0.05) is 12.6 Å². The van der Waals surface area contributed by atoms with E-state index in [1.807, 2.05) is 13.8 Å². The molecular weight excluding hydrogens is 538 g/mol. The lowest BCUT2D eigenvalue weighted by Crippen LogP contribution is -2.22. The number of ether oxygens (including phenoxy) is 2. The van der Waals surface area contributed by atoms with Gasteiger partial charge in [-0.15, -0.1) is 0 Å². The lowest BCUT2D eigenvalue weighted by molar-refractivity contribution is -0.116. The Morgan fingerprint density at radius 3 is 1.74 bits per heavy atom. The first-order chi connectivity index (χ1) is 20.1. The average molecular weight is 596 g/mol. The fourth-order valence-corrected chi connectivity index (χ4v) is 5.12. The summed E-state index contributed by atoms with van der Waals surface area (Å²) in [6.45, 7) is 21.5. The van der Waals surface area contributed by atoms with Crippen LogP contribution >= 0.6 is 0 Å². The molecule has 6 heteroatoms. The lowest BCUT2D eigenvalue weighted by atomic mass is 9.78. The van der Waals surface area contributed by atoms with Crippen molar-refractivity contribution in [1.29, 1.82) is 0 Å². The number of phenolic OH excluding ortho intramolecular Hbond substituents is 2. The summed E-state index contributed by atoms with van der Waals surface area (Å²) >= 11 is 0. The van der Waals surface area contributed by atoms with Crippen molar-refractivity contribution >= 4 is 12.0 Å². The van der Waals surface area contributed by atoms with Gasteiger partial charge in [-0.05, 0) is 97.2 Å². The molecule has 6 nitrogen and oxygen atoms in total.